The van der Waals surface area contributed by atoms with Crippen LogP contribution >= 0.6 is 0 Å². The second-order valence-electron chi connectivity index (χ2n) is 8.95. The number of anilines is 1. The number of quaternary nitrogens is 1. The molecule has 2 amide bonds. The SMILES string of the molecule is Cc1cc(C)c(NC(=O)C[NH+](C)[C@@H](C)C(=O)N[C@@H]2CCC[C@H](C)[C@@H]2C)c(C)c1. The van der Waals surface area contributed by atoms with Crippen LogP contribution in [0.15, 0.2) is 12.1 Å². The highest BCUT2D eigenvalue weighted by Gasteiger charge is 2.31. The van der Waals surface area contributed by atoms with Crippen LogP contribution in [0, 0.1) is 32.6 Å². The molecule has 5 heteroatoms. The zero-order chi connectivity index (χ0) is 21.0. The second-order valence-corrected chi connectivity index (χ2v) is 8.95. The molecule has 28 heavy (non-hydrogen) atoms. The average Bonchev–Trinajstić information content (AvgIpc) is 2.61. The summed E-state index contributed by atoms with van der Waals surface area (Å²) >= 11 is 0. The third-order valence-corrected chi connectivity index (χ3v) is 6.55. The largest absolute Gasteiger partial charge is 0.348 e. The Morgan fingerprint density at radius 2 is 1.75 bits per heavy atom. The summed E-state index contributed by atoms with van der Waals surface area (Å²) in [6, 6.07) is 4.12. The van der Waals surface area contributed by atoms with E-state index in [1.54, 1.807) is 0 Å². The van der Waals surface area contributed by atoms with Gasteiger partial charge in [-0.15, -0.1) is 0 Å². The van der Waals surface area contributed by atoms with E-state index in [9.17, 15) is 9.59 Å². The van der Waals surface area contributed by atoms with E-state index in [4.69, 9.17) is 0 Å². The number of hydrogen-bond donors (Lipinski definition) is 3. The maximum Gasteiger partial charge on any atom is 0.279 e. The van der Waals surface area contributed by atoms with Crippen molar-refractivity contribution in [3.05, 3.63) is 28.8 Å². The molecule has 1 saturated carbocycles. The Balaban J connectivity index is 1.91. The lowest BCUT2D eigenvalue weighted by Crippen LogP contribution is -3.15. The summed E-state index contributed by atoms with van der Waals surface area (Å²) < 4.78 is 0. The predicted molar refractivity (Wildman–Crippen MR) is 115 cm³/mol. The Morgan fingerprint density at radius 1 is 1.14 bits per heavy atom. The zero-order valence-electron chi connectivity index (χ0n) is 18.6. The molecular weight excluding hydrogens is 350 g/mol. The predicted octanol–water partition coefficient (Wildman–Crippen LogP) is 2.39. The van der Waals surface area contributed by atoms with Gasteiger partial charge in [0.1, 0.15) is 0 Å². The van der Waals surface area contributed by atoms with E-state index in [1.807, 2.05) is 27.8 Å². The average molecular weight is 389 g/mol. The Morgan fingerprint density at radius 3 is 2.36 bits per heavy atom. The number of amides is 2. The summed E-state index contributed by atoms with van der Waals surface area (Å²) in [5.41, 5.74) is 4.20. The summed E-state index contributed by atoms with van der Waals surface area (Å²) in [7, 11) is 1.91. The van der Waals surface area contributed by atoms with Crippen molar-refractivity contribution in [1.82, 2.24) is 5.32 Å². The summed E-state index contributed by atoms with van der Waals surface area (Å²) in [6.45, 7) is 12.7. The molecule has 3 N–H and O–H groups in total. The molecule has 0 saturated heterocycles. The lowest BCUT2D eigenvalue weighted by atomic mass is 9.78. The summed E-state index contributed by atoms with van der Waals surface area (Å²) in [5.74, 6) is 1.12. The van der Waals surface area contributed by atoms with E-state index in [2.05, 4.69) is 43.5 Å². The summed E-state index contributed by atoms with van der Waals surface area (Å²) in [4.78, 5) is 26.2. The van der Waals surface area contributed by atoms with Crippen LogP contribution in [0.4, 0.5) is 5.69 Å². The third-order valence-electron chi connectivity index (χ3n) is 6.55. The van der Waals surface area contributed by atoms with Gasteiger partial charge in [-0.05, 0) is 57.1 Å². The highest BCUT2D eigenvalue weighted by molar-refractivity contribution is 5.93. The van der Waals surface area contributed by atoms with Crippen molar-refractivity contribution in [2.75, 3.05) is 18.9 Å². The van der Waals surface area contributed by atoms with Crippen LogP contribution in [0.2, 0.25) is 0 Å². The highest BCUT2D eigenvalue weighted by Crippen LogP contribution is 2.29. The molecule has 0 spiro atoms. The zero-order valence-corrected chi connectivity index (χ0v) is 18.6. The van der Waals surface area contributed by atoms with Gasteiger partial charge in [-0.3, -0.25) is 9.59 Å². The molecule has 2 rings (SSSR count). The van der Waals surface area contributed by atoms with Crippen LogP contribution in [-0.4, -0.2) is 37.5 Å². The second kappa shape index (κ2) is 9.55. The topological polar surface area (TPSA) is 62.6 Å². The van der Waals surface area contributed by atoms with Gasteiger partial charge in [-0.2, -0.15) is 0 Å². The molecule has 1 fully saturated rings. The number of likely N-dealkylation sites (N-methyl/N-ethyl adjacent to an activating group) is 1. The van der Waals surface area contributed by atoms with Crippen molar-refractivity contribution in [1.29, 1.82) is 0 Å². The van der Waals surface area contributed by atoms with Crippen LogP contribution in [0.25, 0.3) is 0 Å². The monoisotopic (exact) mass is 388 g/mol. The minimum absolute atomic E-state index is 0.0407. The fourth-order valence-corrected chi connectivity index (χ4v) is 4.28. The molecule has 0 radical (unpaired) electrons. The third kappa shape index (κ3) is 5.57. The molecular formula is C23H38N3O2+. The van der Waals surface area contributed by atoms with Crippen LogP contribution < -0.4 is 15.5 Å². The standard InChI is InChI=1S/C23H37N3O2/c1-14-11-16(3)22(17(4)12-14)25-21(27)13-26(7)19(6)23(28)24-20-10-8-9-15(2)18(20)5/h11-12,15,18-20H,8-10,13H2,1-7H3,(H,24,28)(H,25,27)/p+1/t15-,18-,19-,20+/m0/s1. The normalized spacial score (nSPS) is 24.3. The van der Waals surface area contributed by atoms with E-state index < -0.39 is 0 Å². The minimum atomic E-state index is -0.268. The molecule has 0 aromatic heterocycles. The Hall–Kier alpha value is -1.88. The quantitative estimate of drug-likeness (QED) is 0.701. The van der Waals surface area contributed by atoms with Gasteiger partial charge in [0.25, 0.3) is 11.8 Å². The number of rotatable bonds is 6. The van der Waals surface area contributed by atoms with Crippen molar-refractivity contribution in [2.45, 2.75) is 72.9 Å². The van der Waals surface area contributed by atoms with Crippen LogP contribution in [-0.2, 0) is 9.59 Å². The summed E-state index contributed by atoms with van der Waals surface area (Å²) in [5, 5.41) is 6.27. The van der Waals surface area contributed by atoms with Gasteiger partial charge in [-0.1, -0.05) is 44.4 Å². The number of aryl methyl sites for hydroxylation is 3. The Kier molecular flexibility index (Phi) is 7.64. The molecule has 156 valence electrons. The minimum Gasteiger partial charge on any atom is -0.348 e. The number of carbonyl (C=O) groups is 2. The van der Waals surface area contributed by atoms with Gasteiger partial charge in [-0.25, -0.2) is 0 Å². The van der Waals surface area contributed by atoms with Gasteiger partial charge in [0, 0.05) is 11.7 Å². The fraction of sp³-hybridized carbons (Fsp3) is 0.652. The Labute approximate surface area is 170 Å². The molecule has 1 aromatic carbocycles. The van der Waals surface area contributed by atoms with Crippen molar-refractivity contribution >= 4 is 17.5 Å². The van der Waals surface area contributed by atoms with Crippen molar-refractivity contribution in [3.8, 4) is 0 Å². The summed E-state index contributed by atoms with van der Waals surface area (Å²) in [6.07, 6.45) is 3.47. The number of carbonyl (C=O) groups excluding carboxylic acids is 2. The first-order valence-corrected chi connectivity index (χ1v) is 10.6. The van der Waals surface area contributed by atoms with Crippen molar-refractivity contribution < 1.29 is 14.5 Å². The van der Waals surface area contributed by atoms with Crippen LogP contribution in [0.5, 0.6) is 0 Å². The molecule has 1 unspecified atom stereocenters. The smallest absolute Gasteiger partial charge is 0.279 e. The van der Waals surface area contributed by atoms with E-state index in [-0.39, 0.29) is 30.4 Å². The van der Waals surface area contributed by atoms with E-state index in [0.717, 1.165) is 28.1 Å². The maximum absolute atomic E-state index is 12.7. The van der Waals surface area contributed by atoms with Crippen molar-refractivity contribution in [3.63, 3.8) is 0 Å². The molecule has 1 aromatic rings. The first-order chi connectivity index (χ1) is 13.1. The van der Waals surface area contributed by atoms with E-state index >= 15 is 0 Å². The molecule has 5 atom stereocenters. The molecule has 0 heterocycles. The van der Waals surface area contributed by atoms with Gasteiger partial charge in [0.05, 0.1) is 7.05 Å². The molecule has 0 aliphatic heterocycles. The van der Waals surface area contributed by atoms with Crippen LogP contribution in [0.3, 0.4) is 0 Å². The maximum atomic E-state index is 12.7. The first kappa shape index (κ1) is 22.4. The fourth-order valence-electron chi connectivity index (χ4n) is 4.28. The first-order valence-electron chi connectivity index (χ1n) is 10.6. The lowest BCUT2D eigenvalue weighted by Gasteiger charge is -2.35. The van der Waals surface area contributed by atoms with E-state index in [1.165, 1.54) is 18.4 Å². The number of nitrogens with one attached hydrogen (secondary N) is 3. The molecule has 0 bridgehead atoms. The Bertz CT molecular complexity index is 693. The van der Waals surface area contributed by atoms with Crippen molar-refractivity contribution in [2.24, 2.45) is 11.8 Å². The van der Waals surface area contributed by atoms with Gasteiger partial charge < -0.3 is 15.5 Å². The molecule has 1 aliphatic carbocycles. The number of benzene rings is 1. The van der Waals surface area contributed by atoms with E-state index in [0.29, 0.717) is 11.8 Å². The molecule has 5 nitrogen and oxygen atoms in total. The van der Waals surface area contributed by atoms with Gasteiger partial charge in [0.15, 0.2) is 12.6 Å². The highest BCUT2D eigenvalue weighted by atomic mass is 16.2. The van der Waals surface area contributed by atoms with Gasteiger partial charge in [0.2, 0.25) is 0 Å². The lowest BCUT2D eigenvalue weighted by molar-refractivity contribution is -0.885. The van der Waals surface area contributed by atoms with Crippen LogP contribution in [0.1, 0.15) is 56.7 Å². The van der Waals surface area contributed by atoms with Gasteiger partial charge >= 0.3 is 0 Å². The molecule has 1 aliphatic rings. The number of hydrogen-bond acceptors (Lipinski definition) is 2.